The van der Waals surface area contributed by atoms with Gasteiger partial charge in [0.15, 0.2) is 0 Å². The van der Waals surface area contributed by atoms with Crippen LogP contribution in [-0.4, -0.2) is 18.4 Å². The van der Waals surface area contributed by atoms with Gasteiger partial charge >= 0.3 is 0 Å². The zero-order valence-electron chi connectivity index (χ0n) is 9.59. The van der Waals surface area contributed by atoms with Crippen LogP contribution in [-0.2, 0) is 10.0 Å². The van der Waals surface area contributed by atoms with Gasteiger partial charge in [0.05, 0.1) is 10.9 Å². The molecule has 2 rings (SSSR count). The van der Waals surface area contributed by atoms with E-state index < -0.39 is 21.9 Å². The van der Waals surface area contributed by atoms with Gasteiger partial charge in [-0.05, 0) is 25.1 Å². The second-order valence-electron chi connectivity index (χ2n) is 3.77. The van der Waals surface area contributed by atoms with Crippen molar-refractivity contribution in [1.29, 1.82) is 0 Å². The molecule has 96 valence electrons. The van der Waals surface area contributed by atoms with Crippen molar-refractivity contribution < 1.29 is 12.8 Å². The Morgan fingerprint density at radius 1 is 1.44 bits per heavy atom. The highest BCUT2D eigenvalue weighted by Gasteiger charge is 2.19. The van der Waals surface area contributed by atoms with Crippen LogP contribution in [0.3, 0.4) is 0 Å². The molecule has 0 bridgehead atoms. The van der Waals surface area contributed by atoms with E-state index in [0.29, 0.717) is 5.82 Å². The third-order valence-corrected chi connectivity index (χ3v) is 3.91. The topological polar surface area (TPSA) is 74.8 Å². The maximum atomic E-state index is 13.0. The Bertz CT molecular complexity index is 625. The molecule has 0 saturated heterocycles. The molecular formula is C11H12FN3O2S. The summed E-state index contributed by atoms with van der Waals surface area (Å²) in [6.45, 7) is 1.65. The minimum atomic E-state index is -3.76. The van der Waals surface area contributed by atoms with Crippen LogP contribution in [0.5, 0.6) is 0 Å². The maximum absolute atomic E-state index is 13.0. The Hall–Kier alpha value is -1.73. The quantitative estimate of drug-likeness (QED) is 0.885. The molecule has 1 aromatic carbocycles. The molecule has 0 fully saturated rings. The van der Waals surface area contributed by atoms with E-state index in [1.807, 2.05) is 0 Å². The van der Waals surface area contributed by atoms with Crippen molar-refractivity contribution in [1.82, 2.24) is 14.7 Å². The zero-order chi connectivity index (χ0) is 13.2. The van der Waals surface area contributed by atoms with Crippen molar-refractivity contribution in [3.63, 3.8) is 0 Å². The van der Waals surface area contributed by atoms with Gasteiger partial charge in [0, 0.05) is 12.4 Å². The van der Waals surface area contributed by atoms with Gasteiger partial charge in [0.2, 0.25) is 10.0 Å². The Balaban J connectivity index is 2.22. The van der Waals surface area contributed by atoms with E-state index in [2.05, 4.69) is 14.7 Å². The summed E-state index contributed by atoms with van der Waals surface area (Å²) < 4.78 is 39.4. The Labute approximate surface area is 104 Å². The minimum absolute atomic E-state index is 0.110. The molecule has 1 unspecified atom stereocenters. The first-order chi connectivity index (χ1) is 8.49. The number of halogens is 1. The summed E-state index contributed by atoms with van der Waals surface area (Å²) in [6.07, 6.45) is 3.13. The number of nitrogens with one attached hydrogen (secondary N) is 2. The highest BCUT2D eigenvalue weighted by atomic mass is 32.2. The van der Waals surface area contributed by atoms with Crippen molar-refractivity contribution in [2.24, 2.45) is 0 Å². The van der Waals surface area contributed by atoms with Crippen molar-refractivity contribution in [3.05, 3.63) is 48.3 Å². The van der Waals surface area contributed by atoms with Crippen molar-refractivity contribution in [2.45, 2.75) is 17.9 Å². The molecule has 2 aromatic rings. The lowest BCUT2D eigenvalue weighted by molar-refractivity contribution is 0.558. The molecule has 0 aliphatic carbocycles. The summed E-state index contributed by atoms with van der Waals surface area (Å²) in [6, 6.07) is 4.32. The molecular weight excluding hydrogens is 257 g/mol. The fraction of sp³-hybridized carbons (Fsp3) is 0.182. The van der Waals surface area contributed by atoms with Gasteiger partial charge in [-0.25, -0.2) is 22.5 Å². The average Bonchev–Trinajstić information content (AvgIpc) is 2.82. The van der Waals surface area contributed by atoms with E-state index in [-0.39, 0.29) is 4.90 Å². The lowest BCUT2D eigenvalue weighted by Gasteiger charge is -2.12. The van der Waals surface area contributed by atoms with Crippen molar-refractivity contribution in [3.8, 4) is 0 Å². The molecule has 0 amide bonds. The number of aromatic amines is 1. The largest absolute Gasteiger partial charge is 0.347 e. The average molecular weight is 269 g/mol. The van der Waals surface area contributed by atoms with E-state index >= 15 is 0 Å². The van der Waals surface area contributed by atoms with Crippen LogP contribution < -0.4 is 4.72 Å². The molecule has 1 heterocycles. The van der Waals surface area contributed by atoms with Crippen molar-refractivity contribution >= 4 is 10.0 Å². The first-order valence-electron chi connectivity index (χ1n) is 5.26. The SMILES string of the molecule is CC(NS(=O)(=O)c1cccc(F)c1)c1ncc[nH]1. The predicted molar refractivity (Wildman–Crippen MR) is 63.7 cm³/mol. The summed E-state index contributed by atoms with van der Waals surface area (Å²) in [4.78, 5) is 6.65. The standard InChI is InChI=1S/C11H12FN3O2S/c1-8(11-13-5-6-14-11)15-18(16,17)10-4-2-3-9(12)7-10/h2-8,15H,1H3,(H,13,14). The summed E-state index contributed by atoms with van der Waals surface area (Å²) >= 11 is 0. The number of hydrogen-bond acceptors (Lipinski definition) is 3. The Morgan fingerprint density at radius 2 is 2.22 bits per heavy atom. The fourth-order valence-electron chi connectivity index (χ4n) is 1.51. The zero-order valence-corrected chi connectivity index (χ0v) is 10.4. The molecule has 0 spiro atoms. The monoisotopic (exact) mass is 269 g/mol. The second-order valence-corrected chi connectivity index (χ2v) is 5.49. The van der Waals surface area contributed by atoms with Gasteiger partial charge in [0.1, 0.15) is 11.6 Å². The Kier molecular flexibility index (Phi) is 3.44. The van der Waals surface area contributed by atoms with Crippen LogP contribution in [0.25, 0.3) is 0 Å². The van der Waals surface area contributed by atoms with Gasteiger partial charge in [-0.3, -0.25) is 0 Å². The minimum Gasteiger partial charge on any atom is -0.347 e. The molecule has 0 aliphatic heterocycles. The van der Waals surface area contributed by atoms with Crippen LogP contribution in [0.15, 0.2) is 41.6 Å². The van der Waals surface area contributed by atoms with Gasteiger partial charge in [-0.15, -0.1) is 0 Å². The van der Waals surface area contributed by atoms with E-state index in [9.17, 15) is 12.8 Å². The van der Waals surface area contributed by atoms with Crippen molar-refractivity contribution in [2.75, 3.05) is 0 Å². The molecule has 0 saturated carbocycles. The molecule has 18 heavy (non-hydrogen) atoms. The Morgan fingerprint density at radius 3 is 2.83 bits per heavy atom. The highest BCUT2D eigenvalue weighted by molar-refractivity contribution is 7.89. The summed E-state index contributed by atoms with van der Waals surface area (Å²) in [5.74, 6) is -0.0986. The molecule has 5 nitrogen and oxygen atoms in total. The second kappa shape index (κ2) is 4.87. The van der Waals surface area contributed by atoms with Crippen LogP contribution in [0.4, 0.5) is 4.39 Å². The predicted octanol–water partition coefficient (Wildman–Crippen LogP) is 1.59. The molecule has 0 aliphatic rings. The molecule has 1 aromatic heterocycles. The van der Waals surface area contributed by atoms with E-state index in [4.69, 9.17) is 0 Å². The molecule has 1 atom stereocenters. The van der Waals surface area contributed by atoms with E-state index in [0.717, 1.165) is 6.07 Å². The smallest absolute Gasteiger partial charge is 0.241 e. The van der Waals surface area contributed by atoms with Gasteiger partial charge in [-0.1, -0.05) is 6.07 Å². The number of H-pyrrole nitrogens is 1. The first-order valence-corrected chi connectivity index (χ1v) is 6.74. The van der Waals surface area contributed by atoms with Crippen LogP contribution >= 0.6 is 0 Å². The third-order valence-electron chi connectivity index (χ3n) is 2.37. The summed E-state index contributed by atoms with van der Waals surface area (Å²) in [5, 5.41) is 0. The molecule has 0 radical (unpaired) electrons. The van der Waals surface area contributed by atoms with Crippen LogP contribution in [0.2, 0.25) is 0 Å². The molecule has 2 N–H and O–H groups in total. The van der Waals surface area contributed by atoms with Gasteiger partial charge in [0.25, 0.3) is 0 Å². The number of benzene rings is 1. The van der Waals surface area contributed by atoms with Crippen LogP contribution in [0, 0.1) is 5.82 Å². The number of rotatable bonds is 4. The van der Waals surface area contributed by atoms with E-state index in [1.54, 1.807) is 13.1 Å². The van der Waals surface area contributed by atoms with E-state index in [1.165, 1.54) is 24.4 Å². The number of hydrogen-bond donors (Lipinski definition) is 2. The maximum Gasteiger partial charge on any atom is 0.241 e. The summed E-state index contributed by atoms with van der Waals surface area (Å²) in [7, 11) is -3.76. The highest BCUT2D eigenvalue weighted by Crippen LogP contribution is 2.14. The summed E-state index contributed by atoms with van der Waals surface area (Å²) in [5.41, 5.74) is 0. The first kappa shape index (κ1) is 12.7. The van der Waals surface area contributed by atoms with Crippen LogP contribution in [0.1, 0.15) is 18.8 Å². The number of aromatic nitrogens is 2. The number of sulfonamides is 1. The van der Waals surface area contributed by atoms with Gasteiger partial charge in [-0.2, -0.15) is 0 Å². The molecule has 7 heteroatoms. The number of nitrogens with zero attached hydrogens (tertiary/aromatic N) is 1. The normalized spacial score (nSPS) is 13.4. The van der Waals surface area contributed by atoms with Gasteiger partial charge < -0.3 is 4.98 Å². The number of imidazole rings is 1. The lowest BCUT2D eigenvalue weighted by Crippen LogP contribution is -2.27. The fourth-order valence-corrected chi connectivity index (χ4v) is 2.74. The third kappa shape index (κ3) is 2.74. The lowest BCUT2D eigenvalue weighted by atomic mass is 10.3.